The summed E-state index contributed by atoms with van der Waals surface area (Å²) in [5.41, 5.74) is 0. The van der Waals surface area contributed by atoms with Gasteiger partial charge in [-0.15, -0.1) is 0 Å². The summed E-state index contributed by atoms with van der Waals surface area (Å²) in [4.78, 5) is 14.1. The van der Waals surface area contributed by atoms with Crippen LogP contribution in [0.4, 0.5) is 4.79 Å². The molecule has 3 fully saturated rings. The molecule has 3 unspecified atom stereocenters. The Morgan fingerprint density at radius 1 is 1.12 bits per heavy atom. The number of amides is 2. The van der Waals surface area contributed by atoms with E-state index in [-0.39, 0.29) is 18.2 Å². The Balaban J connectivity index is 1.63. The molecule has 2 aliphatic carbocycles. The zero-order valence-corrected chi connectivity index (χ0v) is 10.3. The zero-order valence-electron chi connectivity index (χ0n) is 10.3. The Kier molecular flexibility index (Phi) is 2.99. The molecule has 3 rings (SSSR count). The van der Waals surface area contributed by atoms with Crippen LogP contribution in [0.1, 0.15) is 44.9 Å². The van der Waals surface area contributed by atoms with Crippen molar-refractivity contribution in [2.24, 2.45) is 5.92 Å². The molecule has 4 heteroatoms. The Morgan fingerprint density at radius 2 is 1.94 bits per heavy atom. The van der Waals surface area contributed by atoms with E-state index in [1.54, 1.807) is 0 Å². The fraction of sp³-hybridized carbons (Fsp3) is 0.923. The van der Waals surface area contributed by atoms with Crippen molar-refractivity contribution in [1.82, 2.24) is 10.2 Å². The van der Waals surface area contributed by atoms with Gasteiger partial charge in [-0.25, -0.2) is 4.79 Å². The first kappa shape index (κ1) is 11.3. The van der Waals surface area contributed by atoms with Gasteiger partial charge in [0.2, 0.25) is 0 Å². The third-order valence-corrected chi connectivity index (χ3v) is 4.49. The highest BCUT2D eigenvalue weighted by Gasteiger charge is 2.40. The average Bonchev–Trinajstić information content (AvgIpc) is 2.83. The number of aliphatic hydroxyl groups is 1. The maximum Gasteiger partial charge on any atom is 0.317 e. The molecule has 3 atom stereocenters. The van der Waals surface area contributed by atoms with E-state index in [9.17, 15) is 9.90 Å². The number of aliphatic hydroxyl groups excluding tert-OH is 1. The van der Waals surface area contributed by atoms with Crippen LogP contribution in [0.2, 0.25) is 0 Å². The van der Waals surface area contributed by atoms with Crippen molar-refractivity contribution in [2.45, 2.75) is 63.1 Å². The molecule has 0 spiro atoms. The molecule has 2 saturated carbocycles. The first-order chi connectivity index (χ1) is 8.25. The lowest BCUT2D eigenvalue weighted by Crippen LogP contribution is -2.47. The number of nitrogens with zero attached hydrogens (tertiary/aromatic N) is 1. The molecule has 0 aromatic rings. The molecule has 0 radical (unpaired) electrons. The molecular formula is C13H22N2O2. The maximum atomic E-state index is 12.1. The number of carbonyl (C=O) groups excluding carboxylic acids is 1. The number of rotatable bonds is 2. The van der Waals surface area contributed by atoms with Gasteiger partial charge < -0.3 is 15.3 Å². The van der Waals surface area contributed by atoms with Crippen LogP contribution in [-0.4, -0.2) is 40.8 Å². The summed E-state index contributed by atoms with van der Waals surface area (Å²) in [5.74, 6) is 0.322. The second-order valence-electron chi connectivity index (χ2n) is 5.79. The summed E-state index contributed by atoms with van der Waals surface area (Å²) < 4.78 is 0. The maximum absolute atomic E-state index is 12.1. The molecule has 1 heterocycles. The molecule has 0 bridgehead atoms. The van der Waals surface area contributed by atoms with E-state index in [0.29, 0.717) is 12.0 Å². The van der Waals surface area contributed by atoms with Crippen molar-refractivity contribution in [3.05, 3.63) is 0 Å². The van der Waals surface area contributed by atoms with E-state index in [2.05, 4.69) is 5.32 Å². The van der Waals surface area contributed by atoms with Gasteiger partial charge in [-0.3, -0.25) is 0 Å². The molecule has 0 aromatic heterocycles. The molecule has 1 aliphatic heterocycles. The van der Waals surface area contributed by atoms with Crippen LogP contribution < -0.4 is 5.32 Å². The molecule has 3 aliphatic rings. The molecule has 0 aromatic carbocycles. The van der Waals surface area contributed by atoms with Crippen molar-refractivity contribution in [1.29, 1.82) is 0 Å². The minimum atomic E-state index is -0.186. The standard InChI is InChI=1S/C13H22N2O2/c16-12-5-1-3-10(12)11-4-2-8-15(11)13(17)14-9-6-7-9/h9-12,16H,1-8H2,(H,14,17). The van der Waals surface area contributed by atoms with E-state index in [1.807, 2.05) is 4.90 Å². The van der Waals surface area contributed by atoms with Crippen molar-refractivity contribution in [3.8, 4) is 0 Å². The lowest BCUT2D eigenvalue weighted by Gasteiger charge is -2.31. The number of carbonyl (C=O) groups is 1. The predicted octanol–water partition coefficient (Wildman–Crippen LogP) is 1.48. The minimum Gasteiger partial charge on any atom is -0.393 e. The first-order valence-corrected chi connectivity index (χ1v) is 7.01. The van der Waals surface area contributed by atoms with Gasteiger partial charge in [0.15, 0.2) is 0 Å². The van der Waals surface area contributed by atoms with Gasteiger partial charge in [-0.2, -0.15) is 0 Å². The summed E-state index contributed by atoms with van der Waals surface area (Å²) >= 11 is 0. The van der Waals surface area contributed by atoms with Gasteiger partial charge in [0.25, 0.3) is 0 Å². The van der Waals surface area contributed by atoms with Crippen molar-refractivity contribution in [2.75, 3.05) is 6.54 Å². The quantitative estimate of drug-likeness (QED) is 0.765. The van der Waals surface area contributed by atoms with Gasteiger partial charge in [-0.05, 0) is 38.5 Å². The van der Waals surface area contributed by atoms with E-state index in [0.717, 1.165) is 51.5 Å². The average molecular weight is 238 g/mol. The number of urea groups is 1. The normalized spacial score (nSPS) is 37.5. The zero-order chi connectivity index (χ0) is 11.8. The van der Waals surface area contributed by atoms with Crippen molar-refractivity contribution >= 4 is 6.03 Å². The van der Waals surface area contributed by atoms with Crippen molar-refractivity contribution < 1.29 is 9.90 Å². The highest BCUT2D eigenvalue weighted by molar-refractivity contribution is 5.75. The van der Waals surface area contributed by atoms with E-state index in [1.165, 1.54) is 0 Å². The fourth-order valence-electron chi connectivity index (χ4n) is 3.39. The Labute approximate surface area is 102 Å². The fourth-order valence-corrected chi connectivity index (χ4v) is 3.39. The van der Waals surface area contributed by atoms with Crippen LogP contribution in [0.3, 0.4) is 0 Å². The Morgan fingerprint density at radius 3 is 2.59 bits per heavy atom. The molecule has 2 amide bonds. The minimum absolute atomic E-state index is 0.106. The largest absolute Gasteiger partial charge is 0.393 e. The van der Waals surface area contributed by atoms with Crippen LogP contribution in [0, 0.1) is 5.92 Å². The van der Waals surface area contributed by atoms with Crippen molar-refractivity contribution in [3.63, 3.8) is 0 Å². The third-order valence-electron chi connectivity index (χ3n) is 4.49. The topological polar surface area (TPSA) is 52.6 Å². The molecule has 4 nitrogen and oxygen atoms in total. The predicted molar refractivity (Wildman–Crippen MR) is 64.6 cm³/mol. The second-order valence-corrected chi connectivity index (χ2v) is 5.79. The summed E-state index contributed by atoms with van der Waals surface area (Å²) in [7, 11) is 0. The molecule has 1 saturated heterocycles. The summed E-state index contributed by atoms with van der Waals surface area (Å²) in [6, 6.07) is 0.817. The van der Waals surface area contributed by atoms with E-state index in [4.69, 9.17) is 0 Å². The van der Waals surface area contributed by atoms with Crippen LogP contribution in [0.15, 0.2) is 0 Å². The molecule has 17 heavy (non-hydrogen) atoms. The Hall–Kier alpha value is -0.770. The third kappa shape index (κ3) is 2.28. The van der Waals surface area contributed by atoms with Gasteiger partial charge in [-0.1, -0.05) is 6.42 Å². The Bertz CT molecular complexity index is 304. The molecule has 96 valence electrons. The van der Waals surface area contributed by atoms with Gasteiger partial charge in [0.1, 0.15) is 0 Å². The van der Waals surface area contributed by atoms with E-state index >= 15 is 0 Å². The lowest BCUT2D eigenvalue weighted by molar-refractivity contribution is 0.0841. The number of hydrogen-bond acceptors (Lipinski definition) is 2. The number of likely N-dealkylation sites (tertiary alicyclic amines) is 1. The summed E-state index contributed by atoms with van der Waals surface area (Å²) in [6.45, 7) is 0.867. The first-order valence-electron chi connectivity index (χ1n) is 7.01. The smallest absolute Gasteiger partial charge is 0.317 e. The van der Waals surface area contributed by atoms with Gasteiger partial charge >= 0.3 is 6.03 Å². The van der Waals surface area contributed by atoms with Gasteiger partial charge in [0.05, 0.1) is 6.10 Å². The van der Waals surface area contributed by atoms with Crippen LogP contribution in [-0.2, 0) is 0 Å². The highest BCUT2D eigenvalue weighted by atomic mass is 16.3. The van der Waals surface area contributed by atoms with Crippen LogP contribution >= 0.6 is 0 Å². The van der Waals surface area contributed by atoms with Gasteiger partial charge in [0, 0.05) is 24.5 Å². The van der Waals surface area contributed by atoms with E-state index < -0.39 is 0 Å². The number of hydrogen-bond donors (Lipinski definition) is 2. The summed E-state index contributed by atoms with van der Waals surface area (Å²) in [5, 5.41) is 13.1. The monoisotopic (exact) mass is 238 g/mol. The van der Waals surface area contributed by atoms with Crippen LogP contribution in [0.5, 0.6) is 0 Å². The lowest BCUT2D eigenvalue weighted by atomic mass is 9.94. The number of nitrogens with one attached hydrogen (secondary N) is 1. The highest BCUT2D eigenvalue weighted by Crippen LogP contribution is 2.36. The SMILES string of the molecule is O=C(NC1CC1)N1CCCC1C1CCCC1O. The molecule has 2 N–H and O–H groups in total. The molecular weight excluding hydrogens is 216 g/mol. The second kappa shape index (κ2) is 4.48. The summed E-state index contributed by atoms with van der Waals surface area (Å²) in [6.07, 6.45) is 7.35. The van der Waals surface area contributed by atoms with Crippen LogP contribution in [0.25, 0.3) is 0 Å².